The van der Waals surface area contributed by atoms with E-state index in [-0.39, 0.29) is 5.41 Å². The van der Waals surface area contributed by atoms with Gasteiger partial charge in [-0.25, -0.2) is 0 Å². The number of aliphatic imine (C=N–C) groups is 1. The summed E-state index contributed by atoms with van der Waals surface area (Å²) in [4.78, 5) is 4.47. The molecule has 0 aliphatic rings. The van der Waals surface area contributed by atoms with Crippen LogP contribution in [0.25, 0.3) is 0 Å². The molecule has 0 aromatic heterocycles. The van der Waals surface area contributed by atoms with Crippen molar-refractivity contribution in [3.05, 3.63) is 35.9 Å². The maximum absolute atomic E-state index is 6.24. The minimum absolute atomic E-state index is 0.144. The third kappa shape index (κ3) is 3.10. The molecule has 0 unspecified atom stereocenters. The van der Waals surface area contributed by atoms with Crippen LogP contribution in [0.2, 0.25) is 0 Å². The van der Waals surface area contributed by atoms with Crippen molar-refractivity contribution in [2.45, 2.75) is 32.1 Å². The van der Waals surface area contributed by atoms with Gasteiger partial charge in [-0.05, 0) is 18.4 Å². The van der Waals surface area contributed by atoms with Crippen LogP contribution in [0, 0.1) is 0 Å². The number of hydrogen-bond donors (Lipinski definition) is 1. The van der Waals surface area contributed by atoms with Gasteiger partial charge in [0.2, 0.25) is 0 Å². The topological polar surface area (TPSA) is 47.6 Å². The molecule has 3 nitrogen and oxygen atoms in total. The van der Waals surface area contributed by atoms with Crippen molar-refractivity contribution < 1.29 is 4.74 Å². The molecule has 1 aromatic carbocycles. The molecule has 18 heavy (non-hydrogen) atoms. The van der Waals surface area contributed by atoms with E-state index in [4.69, 9.17) is 10.5 Å². The first-order valence-electron chi connectivity index (χ1n) is 6.56. The molecule has 0 aliphatic heterocycles. The summed E-state index contributed by atoms with van der Waals surface area (Å²) >= 11 is 0. The summed E-state index contributed by atoms with van der Waals surface area (Å²) < 4.78 is 5.02. The Labute approximate surface area is 110 Å². The van der Waals surface area contributed by atoms with Crippen LogP contribution in [0.15, 0.2) is 35.3 Å². The second-order valence-electron chi connectivity index (χ2n) is 4.41. The van der Waals surface area contributed by atoms with Gasteiger partial charge in [0.15, 0.2) is 0 Å². The maximum Gasteiger partial charge on any atom is 0.104 e. The Morgan fingerprint density at radius 3 is 2.33 bits per heavy atom. The quantitative estimate of drug-likeness (QED) is 0.458. The molecule has 100 valence electrons. The minimum atomic E-state index is -0.144. The monoisotopic (exact) mass is 248 g/mol. The first kappa shape index (κ1) is 14.7. The molecule has 0 atom stereocenters. The van der Waals surface area contributed by atoms with E-state index in [0.717, 1.165) is 18.7 Å². The molecule has 0 amide bonds. The van der Waals surface area contributed by atoms with E-state index >= 15 is 0 Å². The summed E-state index contributed by atoms with van der Waals surface area (Å²) in [5.41, 5.74) is 7.34. The van der Waals surface area contributed by atoms with Crippen molar-refractivity contribution in [2.75, 3.05) is 20.3 Å². The van der Waals surface area contributed by atoms with Crippen LogP contribution in [-0.4, -0.2) is 26.1 Å². The highest BCUT2D eigenvalue weighted by Crippen LogP contribution is 2.31. The molecule has 1 rings (SSSR count). The normalized spacial score (nSPS) is 12.7. The van der Waals surface area contributed by atoms with Gasteiger partial charge in [0.1, 0.15) is 5.84 Å². The molecule has 2 N–H and O–H groups in total. The Hall–Kier alpha value is -1.35. The van der Waals surface area contributed by atoms with E-state index in [1.807, 2.05) is 6.07 Å². The number of benzene rings is 1. The van der Waals surface area contributed by atoms with Crippen molar-refractivity contribution in [1.82, 2.24) is 0 Å². The predicted octanol–water partition coefficient (Wildman–Crippen LogP) is 2.75. The Bertz CT molecular complexity index is 369. The van der Waals surface area contributed by atoms with Crippen molar-refractivity contribution in [1.29, 1.82) is 0 Å². The van der Waals surface area contributed by atoms with Crippen molar-refractivity contribution in [3.8, 4) is 0 Å². The fraction of sp³-hybridized carbons (Fsp3) is 0.533. The Morgan fingerprint density at radius 2 is 1.83 bits per heavy atom. The molecule has 1 aromatic rings. The highest BCUT2D eigenvalue weighted by atomic mass is 16.5. The van der Waals surface area contributed by atoms with Gasteiger partial charge >= 0.3 is 0 Å². The SMILES string of the molecule is CCC(CC)(C(N)=NCCOC)c1ccccc1. The second-order valence-corrected chi connectivity index (χ2v) is 4.41. The fourth-order valence-electron chi connectivity index (χ4n) is 2.33. The molecule has 3 heteroatoms. The van der Waals surface area contributed by atoms with Crippen LogP contribution in [0.5, 0.6) is 0 Å². The predicted molar refractivity (Wildman–Crippen MR) is 77.1 cm³/mol. The van der Waals surface area contributed by atoms with Gasteiger partial charge in [0.05, 0.1) is 18.6 Å². The largest absolute Gasteiger partial charge is 0.387 e. The summed E-state index contributed by atoms with van der Waals surface area (Å²) in [5.74, 6) is 0.718. The average molecular weight is 248 g/mol. The van der Waals surface area contributed by atoms with Crippen LogP contribution >= 0.6 is 0 Å². The van der Waals surface area contributed by atoms with E-state index < -0.39 is 0 Å². The Morgan fingerprint density at radius 1 is 1.22 bits per heavy atom. The summed E-state index contributed by atoms with van der Waals surface area (Å²) in [7, 11) is 1.68. The standard InChI is InChI=1S/C15H24N2O/c1-4-15(5-2,13-9-7-6-8-10-13)14(16)17-11-12-18-3/h6-10H,4-5,11-12H2,1-3H3,(H2,16,17). The molecule has 0 aliphatic carbocycles. The molecular weight excluding hydrogens is 224 g/mol. The zero-order valence-electron chi connectivity index (χ0n) is 11.6. The van der Waals surface area contributed by atoms with Crippen LogP contribution in [-0.2, 0) is 10.2 Å². The summed E-state index contributed by atoms with van der Waals surface area (Å²) in [5, 5.41) is 0. The number of hydrogen-bond acceptors (Lipinski definition) is 2. The number of rotatable bonds is 7. The number of methoxy groups -OCH3 is 1. The smallest absolute Gasteiger partial charge is 0.104 e. The lowest BCUT2D eigenvalue weighted by molar-refractivity contribution is 0.207. The molecule has 0 saturated carbocycles. The average Bonchev–Trinajstić information content (AvgIpc) is 2.42. The summed E-state index contributed by atoms with van der Waals surface area (Å²) in [6.07, 6.45) is 1.91. The fourth-order valence-corrected chi connectivity index (χ4v) is 2.33. The summed E-state index contributed by atoms with van der Waals surface area (Å²) in [6.45, 7) is 5.56. The Balaban J connectivity index is 3.03. The number of nitrogens with zero attached hydrogens (tertiary/aromatic N) is 1. The van der Waals surface area contributed by atoms with Gasteiger partial charge < -0.3 is 10.5 Å². The number of nitrogens with two attached hydrogens (primary N) is 1. The van der Waals surface area contributed by atoms with E-state index in [1.165, 1.54) is 5.56 Å². The molecule has 0 heterocycles. The van der Waals surface area contributed by atoms with Gasteiger partial charge in [0, 0.05) is 7.11 Å². The van der Waals surface area contributed by atoms with Gasteiger partial charge in [-0.2, -0.15) is 0 Å². The number of ether oxygens (including phenoxy) is 1. The highest BCUT2D eigenvalue weighted by molar-refractivity contribution is 5.91. The van der Waals surface area contributed by atoms with Crippen LogP contribution in [0.1, 0.15) is 32.3 Å². The maximum atomic E-state index is 6.24. The Kier molecular flexibility index (Phi) is 5.86. The zero-order chi connectivity index (χ0) is 13.4. The lowest BCUT2D eigenvalue weighted by Crippen LogP contribution is -2.40. The third-order valence-corrected chi connectivity index (χ3v) is 3.60. The molecule has 0 radical (unpaired) electrons. The molecular formula is C15H24N2O. The molecule has 0 saturated heterocycles. The van der Waals surface area contributed by atoms with Crippen LogP contribution in [0.4, 0.5) is 0 Å². The van der Waals surface area contributed by atoms with E-state index in [2.05, 4.69) is 43.1 Å². The number of amidine groups is 1. The molecule has 0 fully saturated rings. The van der Waals surface area contributed by atoms with Gasteiger partial charge in [0.25, 0.3) is 0 Å². The molecule has 0 spiro atoms. The molecule has 0 bridgehead atoms. The van der Waals surface area contributed by atoms with Crippen molar-refractivity contribution >= 4 is 5.84 Å². The van der Waals surface area contributed by atoms with Crippen molar-refractivity contribution in [3.63, 3.8) is 0 Å². The summed E-state index contributed by atoms with van der Waals surface area (Å²) in [6, 6.07) is 10.4. The van der Waals surface area contributed by atoms with Crippen molar-refractivity contribution in [2.24, 2.45) is 10.7 Å². The minimum Gasteiger partial charge on any atom is -0.387 e. The van der Waals surface area contributed by atoms with E-state index in [1.54, 1.807) is 7.11 Å². The first-order chi connectivity index (χ1) is 8.71. The lowest BCUT2D eigenvalue weighted by atomic mass is 9.75. The first-order valence-corrected chi connectivity index (χ1v) is 6.56. The van der Waals surface area contributed by atoms with Gasteiger partial charge in [-0.3, -0.25) is 4.99 Å². The van der Waals surface area contributed by atoms with E-state index in [9.17, 15) is 0 Å². The lowest BCUT2D eigenvalue weighted by Gasteiger charge is -2.32. The van der Waals surface area contributed by atoms with Gasteiger partial charge in [-0.15, -0.1) is 0 Å². The van der Waals surface area contributed by atoms with E-state index in [0.29, 0.717) is 13.2 Å². The second kappa shape index (κ2) is 7.17. The van der Waals surface area contributed by atoms with Crippen LogP contribution in [0.3, 0.4) is 0 Å². The highest BCUT2D eigenvalue weighted by Gasteiger charge is 2.32. The van der Waals surface area contributed by atoms with Gasteiger partial charge in [-0.1, -0.05) is 44.2 Å². The third-order valence-electron chi connectivity index (χ3n) is 3.60. The van der Waals surface area contributed by atoms with Crippen LogP contribution < -0.4 is 5.73 Å². The zero-order valence-corrected chi connectivity index (χ0v) is 11.6.